The fraction of sp³-hybridized carbons (Fsp3) is 0.278. The van der Waals surface area contributed by atoms with Crippen molar-refractivity contribution in [1.29, 1.82) is 0 Å². The number of carbonyl (C=O) groups excluding carboxylic acids is 1. The van der Waals surface area contributed by atoms with Crippen LogP contribution in [0.15, 0.2) is 53.3 Å². The van der Waals surface area contributed by atoms with Gasteiger partial charge in [-0.1, -0.05) is 18.2 Å². The van der Waals surface area contributed by atoms with Crippen molar-refractivity contribution in [2.75, 3.05) is 0 Å². The standard InChI is InChI=1S/C18H20N2O2/c1-13(17-9-5-11-22-17)20-18(21)10-4-6-14-12-19-16-8-3-2-7-15(14)16/h2-3,5,7-9,11-13,19H,4,6,10H2,1H3,(H,20,21). The minimum atomic E-state index is -0.0874. The molecule has 1 atom stereocenters. The maximum atomic E-state index is 12.0. The van der Waals surface area contributed by atoms with Gasteiger partial charge in [0, 0.05) is 23.5 Å². The van der Waals surface area contributed by atoms with Crippen LogP contribution in [0.3, 0.4) is 0 Å². The van der Waals surface area contributed by atoms with Crippen LogP contribution in [0.5, 0.6) is 0 Å². The monoisotopic (exact) mass is 296 g/mol. The average Bonchev–Trinajstić information content (AvgIpc) is 3.17. The van der Waals surface area contributed by atoms with Gasteiger partial charge in [0.05, 0.1) is 12.3 Å². The van der Waals surface area contributed by atoms with Crippen molar-refractivity contribution in [1.82, 2.24) is 10.3 Å². The van der Waals surface area contributed by atoms with Crippen molar-refractivity contribution in [3.8, 4) is 0 Å². The third-order valence-corrected chi connectivity index (χ3v) is 3.87. The van der Waals surface area contributed by atoms with Gasteiger partial charge in [0.2, 0.25) is 5.91 Å². The number of aryl methyl sites for hydroxylation is 1. The number of nitrogens with one attached hydrogen (secondary N) is 2. The maximum absolute atomic E-state index is 12.0. The zero-order chi connectivity index (χ0) is 15.4. The van der Waals surface area contributed by atoms with Crippen molar-refractivity contribution >= 4 is 16.8 Å². The van der Waals surface area contributed by atoms with Crippen LogP contribution in [0, 0.1) is 0 Å². The highest BCUT2D eigenvalue weighted by Gasteiger charge is 2.11. The fourth-order valence-corrected chi connectivity index (χ4v) is 2.70. The molecule has 0 saturated carbocycles. The lowest BCUT2D eigenvalue weighted by atomic mass is 10.1. The van der Waals surface area contributed by atoms with E-state index in [0.717, 1.165) is 24.1 Å². The van der Waals surface area contributed by atoms with Crippen molar-refractivity contribution in [3.63, 3.8) is 0 Å². The van der Waals surface area contributed by atoms with Gasteiger partial charge in [-0.25, -0.2) is 0 Å². The zero-order valence-electron chi connectivity index (χ0n) is 12.6. The highest BCUT2D eigenvalue weighted by molar-refractivity contribution is 5.83. The Balaban J connectivity index is 1.49. The third kappa shape index (κ3) is 3.22. The van der Waals surface area contributed by atoms with E-state index in [4.69, 9.17) is 4.42 Å². The van der Waals surface area contributed by atoms with Gasteiger partial charge in [-0.15, -0.1) is 0 Å². The largest absolute Gasteiger partial charge is 0.467 e. The minimum Gasteiger partial charge on any atom is -0.467 e. The molecule has 22 heavy (non-hydrogen) atoms. The molecule has 0 aliphatic heterocycles. The summed E-state index contributed by atoms with van der Waals surface area (Å²) in [7, 11) is 0. The molecule has 4 nitrogen and oxygen atoms in total. The third-order valence-electron chi connectivity index (χ3n) is 3.87. The molecule has 3 aromatic rings. The van der Waals surface area contributed by atoms with Gasteiger partial charge in [0.1, 0.15) is 5.76 Å². The summed E-state index contributed by atoms with van der Waals surface area (Å²) in [6.45, 7) is 1.93. The van der Waals surface area contributed by atoms with Crippen LogP contribution in [0.25, 0.3) is 10.9 Å². The van der Waals surface area contributed by atoms with E-state index in [1.54, 1.807) is 6.26 Å². The van der Waals surface area contributed by atoms with Crippen LogP contribution in [-0.4, -0.2) is 10.9 Å². The average molecular weight is 296 g/mol. The van der Waals surface area contributed by atoms with Gasteiger partial charge >= 0.3 is 0 Å². The molecule has 0 aliphatic carbocycles. The Morgan fingerprint density at radius 2 is 2.14 bits per heavy atom. The zero-order valence-corrected chi connectivity index (χ0v) is 12.6. The van der Waals surface area contributed by atoms with E-state index in [-0.39, 0.29) is 11.9 Å². The fourth-order valence-electron chi connectivity index (χ4n) is 2.70. The van der Waals surface area contributed by atoms with Crippen LogP contribution in [-0.2, 0) is 11.2 Å². The van der Waals surface area contributed by atoms with Crippen molar-refractivity contribution in [2.24, 2.45) is 0 Å². The molecule has 3 rings (SSSR count). The summed E-state index contributed by atoms with van der Waals surface area (Å²) in [6.07, 6.45) is 5.90. The normalized spacial score (nSPS) is 12.4. The van der Waals surface area contributed by atoms with Gasteiger partial charge in [-0.05, 0) is 43.5 Å². The Kier molecular flexibility index (Phi) is 4.28. The number of aromatic nitrogens is 1. The summed E-state index contributed by atoms with van der Waals surface area (Å²) in [5, 5.41) is 4.20. The molecule has 2 aromatic heterocycles. The second kappa shape index (κ2) is 6.52. The van der Waals surface area contributed by atoms with Crippen LogP contribution < -0.4 is 5.32 Å². The van der Waals surface area contributed by atoms with Crippen LogP contribution in [0.2, 0.25) is 0 Å². The maximum Gasteiger partial charge on any atom is 0.220 e. The quantitative estimate of drug-likeness (QED) is 0.723. The van der Waals surface area contributed by atoms with Gasteiger partial charge in [0.25, 0.3) is 0 Å². The molecule has 2 N–H and O–H groups in total. The highest BCUT2D eigenvalue weighted by Crippen LogP contribution is 2.19. The van der Waals surface area contributed by atoms with E-state index in [0.29, 0.717) is 6.42 Å². The Hall–Kier alpha value is -2.49. The predicted molar refractivity (Wildman–Crippen MR) is 86.5 cm³/mol. The Bertz CT molecular complexity index is 743. The molecule has 1 amide bonds. The smallest absolute Gasteiger partial charge is 0.220 e. The summed E-state index contributed by atoms with van der Waals surface area (Å²) in [5.41, 5.74) is 2.41. The highest BCUT2D eigenvalue weighted by atomic mass is 16.3. The number of rotatable bonds is 6. The summed E-state index contributed by atoms with van der Waals surface area (Å²) in [5.74, 6) is 0.841. The second-order valence-electron chi connectivity index (χ2n) is 5.52. The lowest BCUT2D eigenvalue weighted by Gasteiger charge is -2.11. The van der Waals surface area contributed by atoms with E-state index >= 15 is 0 Å². The Morgan fingerprint density at radius 3 is 2.95 bits per heavy atom. The number of para-hydroxylation sites is 1. The molecule has 114 valence electrons. The molecule has 2 heterocycles. The molecule has 0 aliphatic rings. The predicted octanol–water partition coefficient (Wildman–Crippen LogP) is 3.96. The Morgan fingerprint density at radius 1 is 1.27 bits per heavy atom. The number of fused-ring (bicyclic) bond motifs is 1. The number of benzene rings is 1. The number of furan rings is 1. The van der Waals surface area contributed by atoms with E-state index in [9.17, 15) is 4.79 Å². The number of H-pyrrole nitrogens is 1. The second-order valence-corrected chi connectivity index (χ2v) is 5.52. The Labute approximate surface area is 129 Å². The van der Waals surface area contributed by atoms with Gasteiger partial charge in [-0.2, -0.15) is 0 Å². The molecule has 0 bridgehead atoms. The molecule has 1 aromatic carbocycles. The first-order valence-corrected chi connectivity index (χ1v) is 7.62. The number of aromatic amines is 1. The van der Waals surface area contributed by atoms with Crippen molar-refractivity contribution in [2.45, 2.75) is 32.2 Å². The van der Waals surface area contributed by atoms with Crippen LogP contribution in [0.4, 0.5) is 0 Å². The van der Waals surface area contributed by atoms with Crippen molar-refractivity contribution in [3.05, 3.63) is 60.2 Å². The van der Waals surface area contributed by atoms with E-state index in [2.05, 4.69) is 22.4 Å². The van der Waals surface area contributed by atoms with Gasteiger partial charge < -0.3 is 14.7 Å². The molecule has 4 heteroatoms. The summed E-state index contributed by atoms with van der Waals surface area (Å²) >= 11 is 0. The molecule has 0 fully saturated rings. The van der Waals surface area contributed by atoms with Gasteiger partial charge in [0.15, 0.2) is 0 Å². The lowest BCUT2D eigenvalue weighted by Crippen LogP contribution is -2.26. The first-order chi connectivity index (χ1) is 10.7. The molecule has 1 unspecified atom stereocenters. The summed E-state index contributed by atoms with van der Waals surface area (Å²) in [4.78, 5) is 15.2. The van der Waals surface area contributed by atoms with Crippen molar-refractivity contribution < 1.29 is 9.21 Å². The summed E-state index contributed by atoms with van der Waals surface area (Å²) in [6, 6.07) is 11.8. The van der Waals surface area contributed by atoms with E-state index in [1.165, 1.54) is 10.9 Å². The first kappa shape index (κ1) is 14.4. The first-order valence-electron chi connectivity index (χ1n) is 7.62. The molecule has 0 radical (unpaired) electrons. The molecule has 0 spiro atoms. The van der Waals surface area contributed by atoms with Gasteiger partial charge in [-0.3, -0.25) is 4.79 Å². The van der Waals surface area contributed by atoms with Crippen LogP contribution in [0.1, 0.15) is 37.1 Å². The van der Waals surface area contributed by atoms with Crippen LogP contribution >= 0.6 is 0 Å². The summed E-state index contributed by atoms with van der Waals surface area (Å²) < 4.78 is 5.29. The number of hydrogen-bond acceptors (Lipinski definition) is 2. The van der Waals surface area contributed by atoms with E-state index < -0.39 is 0 Å². The molecular formula is C18H20N2O2. The topological polar surface area (TPSA) is 58.0 Å². The number of hydrogen-bond donors (Lipinski definition) is 2. The molecule has 0 saturated heterocycles. The molecular weight excluding hydrogens is 276 g/mol. The lowest BCUT2D eigenvalue weighted by molar-refractivity contribution is -0.121. The number of carbonyl (C=O) groups is 1. The number of amides is 1. The van der Waals surface area contributed by atoms with E-state index in [1.807, 2.05) is 37.4 Å². The minimum absolute atomic E-state index is 0.0590. The SMILES string of the molecule is CC(NC(=O)CCCc1c[nH]c2ccccc12)c1ccco1.